The number of benzene rings is 1. The summed E-state index contributed by atoms with van der Waals surface area (Å²) < 4.78 is 13.0. The van der Waals surface area contributed by atoms with Gasteiger partial charge in [-0.25, -0.2) is 9.67 Å². The molecule has 0 bridgehead atoms. The van der Waals surface area contributed by atoms with Gasteiger partial charge in [0.05, 0.1) is 18.2 Å². The molecule has 0 aliphatic rings. The van der Waals surface area contributed by atoms with E-state index in [0.717, 1.165) is 12.4 Å². The molecule has 0 saturated carbocycles. The molecule has 0 radical (unpaired) electrons. The number of rotatable bonds is 6. The van der Waals surface area contributed by atoms with Crippen LogP contribution in [0.5, 0.6) is 11.5 Å². The summed E-state index contributed by atoms with van der Waals surface area (Å²) in [7, 11) is 0. The molecule has 0 N–H and O–H groups in total. The Balaban J connectivity index is 2.14. The normalized spacial score (nSPS) is 10.1. The molecule has 0 fully saturated rings. The molecule has 1 aromatic carbocycles. The van der Waals surface area contributed by atoms with Crippen molar-refractivity contribution in [3.05, 3.63) is 35.9 Å². The van der Waals surface area contributed by atoms with Crippen LogP contribution in [0.15, 0.2) is 24.5 Å². The smallest absolute Gasteiger partial charge is 0.164 e. The molecule has 0 aliphatic heterocycles. The Hall–Kier alpha value is -2.55. The molecule has 0 unspecified atom stereocenters. The summed E-state index contributed by atoms with van der Waals surface area (Å²) in [5.74, 6) is 1.91. The zero-order chi connectivity index (χ0) is 14.4. The molecule has 0 saturated heterocycles. The Morgan fingerprint density at radius 1 is 1.25 bits per heavy atom. The average Bonchev–Trinajstić information content (AvgIpc) is 2.93. The maximum absolute atomic E-state index is 8.90. The van der Waals surface area contributed by atoms with E-state index in [1.165, 1.54) is 6.33 Å². The molecule has 1 aromatic heterocycles. The van der Waals surface area contributed by atoms with E-state index in [2.05, 4.69) is 16.2 Å². The second kappa shape index (κ2) is 6.57. The highest BCUT2D eigenvalue weighted by molar-refractivity contribution is 5.46. The maximum atomic E-state index is 8.90. The highest BCUT2D eigenvalue weighted by Crippen LogP contribution is 2.28. The molecule has 0 aliphatic carbocycles. The topological polar surface area (TPSA) is 73.0 Å². The molecule has 2 aromatic rings. The van der Waals surface area contributed by atoms with Crippen molar-refractivity contribution >= 4 is 0 Å². The Morgan fingerprint density at radius 2 is 2.10 bits per heavy atom. The predicted octanol–water partition coefficient (Wildman–Crippen LogP) is 2.15. The molecule has 6 heteroatoms. The minimum atomic E-state index is 0.305. The molecule has 6 nitrogen and oxygen atoms in total. The monoisotopic (exact) mass is 272 g/mol. The Morgan fingerprint density at radius 3 is 2.80 bits per heavy atom. The summed E-state index contributed by atoms with van der Waals surface area (Å²) >= 11 is 0. The van der Waals surface area contributed by atoms with E-state index in [4.69, 9.17) is 14.7 Å². The van der Waals surface area contributed by atoms with Crippen LogP contribution in [-0.4, -0.2) is 21.4 Å². The van der Waals surface area contributed by atoms with Crippen LogP contribution in [0.2, 0.25) is 0 Å². The lowest BCUT2D eigenvalue weighted by Crippen LogP contribution is -2.08. The molecule has 0 atom stereocenters. The summed E-state index contributed by atoms with van der Waals surface area (Å²) in [6.45, 7) is 5.43. The van der Waals surface area contributed by atoms with Crippen molar-refractivity contribution in [3.63, 3.8) is 0 Å². The van der Waals surface area contributed by atoms with E-state index in [1.54, 1.807) is 22.9 Å². The second-order valence-corrected chi connectivity index (χ2v) is 3.99. The van der Waals surface area contributed by atoms with Crippen LogP contribution in [0.1, 0.15) is 25.2 Å². The third-order valence-corrected chi connectivity index (χ3v) is 2.72. The lowest BCUT2D eigenvalue weighted by Gasteiger charge is -2.12. The SMILES string of the molecule is CCOc1cc(C#N)ccc1OCc1ncnn1CC. The largest absolute Gasteiger partial charge is 0.490 e. The lowest BCUT2D eigenvalue weighted by molar-refractivity contribution is 0.258. The summed E-state index contributed by atoms with van der Waals surface area (Å²) in [6.07, 6.45) is 1.50. The molecule has 2 rings (SSSR count). The quantitative estimate of drug-likeness (QED) is 0.805. The van der Waals surface area contributed by atoms with Gasteiger partial charge in [-0.15, -0.1) is 0 Å². The Kier molecular flexibility index (Phi) is 4.56. The van der Waals surface area contributed by atoms with Crippen LogP contribution in [0.25, 0.3) is 0 Å². The first-order valence-corrected chi connectivity index (χ1v) is 6.44. The molecule has 104 valence electrons. The van der Waals surface area contributed by atoms with Crippen LogP contribution >= 0.6 is 0 Å². The predicted molar refractivity (Wildman–Crippen MR) is 72.4 cm³/mol. The number of aryl methyl sites for hydroxylation is 1. The fraction of sp³-hybridized carbons (Fsp3) is 0.357. The highest BCUT2D eigenvalue weighted by atomic mass is 16.5. The molecular weight excluding hydrogens is 256 g/mol. The van der Waals surface area contributed by atoms with Gasteiger partial charge in [-0.1, -0.05) is 0 Å². The van der Waals surface area contributed by atoms with E-state index in [9.17, 15) is 0 Å². The van der Waals surface area contributed by atoms with Gasteiger partial charge in [-0.2, -0.15) is 10.4 Å². The zero-order valence-corrected chi connectivity index (χ0v) is 11.5. The summed E-state index contributed by atoms with van der Waals surface area (Å²) in [4.78, 5) is 4.15. The van der Waals surface area contributed by atoms with Crippen molar-refractivity contribution in [2.75, 3.05) is 6.61 Å². The van der Waals surface area contributed by atoms with Crippen molar-refractivity contribution in [2.24, 2.45) is 0 Å². The van der Waals surface area contributed by atoms with Crippen LogP contribution in [-0.2, 0) is 13.2 Å². The van der Waals surface area contributed by atoms with Gasteiger partial charge in [0, 0.05) is 12.6 Å². The standard InChI is InChI=1S/C14H16N4O2/c1-3-18-14(16-10-17-18)9-20-12-6-5-11(8-15)7-13(12)19-4-2/h5-7,10H,3-4,9H2,1-2H3. The zero-order valence-electron chi connectivity index (χ0n) is 11.5. The van der Waals surface area contributed by atoms with Gasteiger partial charge in [-0.3, -0.25) is 0 Å². The van der Waals surface area contributed by atoms with Crippen molar-refractivity contribution < 1.29 is 9.47 Å². The third kappa shape index (κ3) is 3.06. The van der Waals surface area contributed by atoms with Crippen molar-refractivity contribution in [3.8, 4) is 17.6 Å². The van der Waals surface area contributed by atoms with E-state index in [-0.39, 0.29) is 0 Å². The maximum Gasteiger partial charge on any atom is 0.164 e. The van der Waals surface area contributed by atoms with E-state index >= 15 is 0 Å². The summed E-state index contributed by atoms with van der Waals surface area (Å²) in [5, 5.41) is 13.0. The van der Waals surface area contributed by atoms with Gasteiger partial charge in [0.2, 0.25) is 0 Å². The van der Waals surface area contributed by atoms with Gasteiger partial charge in [0.15, 0.2) is 17.3 Å². The number of nitrogens with zero attached hydrogens (tertiary/aromatic N) is 4. The third-order valence-electron chi connectivity index (χ3n) is 2.72. The number of aromatic nitrogens is 3. The van der Waals surface area contributed by atoms with Crippen molar-refractivity contribution in [1.82, 2.24) is 14.8 Å². The minimum absolute atomic E-state index is 0.305. The van der Waals surface area contributed by atoms with Crippen molar-refractivity contribution in [1.29, 1.82) is 5.26 Å². The first-order valence-electron chi connectivity index (χ1n) is 6.44. The van der Waals surface area contributed by atoms with Crippen LogP contribution < -0.4 is 9.47 Å². The molecule has 20 heavy (non-hydrogen) atoms. The van der Waals surface area contributed by atoms with Crippen molar-refractivity contribution in [2.45, 2.75) is 27.0 Å². The summed E-state index contributed by atoms with van der Waals surface area (Å²) in [5.41, 5.74) is 0.539. The molecule has 1 heterocycles. The number of nitriles is 1. The van der Waals surface area contributed by atoms with Gasteiger partial charge < -0.3 is 9.47 Å². The number of hydrogen-bond acceptors (Lipinski definition) is 5. The van der Waals surface area contributed by atoms with Crippen LogP contribution in [0.4, 0.5) is 0 Å². The highest BCUT2D eigenvalue weighted by Gasteiger charge is 2.09. The van der Waals surface area contributed by atoms with Gasteiger partial charge >= 0.3 is 0 Å². The van der Waals surface area contributed by atoms with Crippen LogP contribution in [0.3, 0.4) is 0 Å². The fourth-order valence-corrected chi connectivity index (χ4v) is 1.77. The molecule has 0 spiro atoms. The molecular formula is C14H16N4O2. The lowest BCUT2D eigenvalue weighted by atomic mass is 10.2. The Labute approximate surface area is 117 Å². The fourth-order valence-electron chi connectivity index (χ4n) is 1.77. The average molecular weight is 272 g/mol. The number of ether oxygens (including phenoxy) is 2. The van der Waals surface area contributed by atoms with Gasteiger partial charge in [0.1, 0.15) is 12.9 Å². The van der Waals surface area contributed by atoms with Gasteiger partial charge in [0.25, 0.3) is 0 Å². The van der Waals surface area contributed by atoms with E-state index in [0.29, 0.717) is 30.3 Å². The first kappa shape index (κ1) is 13.9. The van der Waals surface area contributed by atoms with E-state index in [1.807, 2.05) is 13.8 Å². The minimum Gasteiger partial charge on any atom is -0.490 e. The molecule has 0 amide bonds. The summed E-state index contributed by atoms with van der Waals surface area (Å²) in [6, 6.07) is 7.18. The van der Waals surface area contributed by atoms with Gasteiger partial charge in [-0.05, 0) is 26.0 Å². The van der Waals surface area contributed by atoms with Crippen LogP contribution in [0, 0.1) is 11.3 Å². The van der Waals surface area contributed by atoms with E-state index < -0.39 is 0 Å². The Bertz CT molecular complexity index is 616. The second-order valence-electron chi connectivity index (χ2n) is 3.99. The first-order chi connectivity index (χ1) is 9.78. The number of hydrogen-bond donors (Lipinski definition) is 0.